The van der Waals surface area contributed by atoms with E-state index in [2.05, 4.69) is 33.1 Å². The number of hydrogen-bond donors (Lipinski definition) is 1. The number of hydrogen-bond acceptors (Lipinski definition) is 6. The standard InChI is InChI=1S/C19H24N4O2/c1-15(13-21-16-5-6-17-18(12-16)25-14-24-17)22-8-10-23(11-9-22)19-4-2-3-7-20-19/h2-7,12,15,21H,8-11,13-14H2,1H3. The summed E-state index contributed by atoms with van der Waals surface area (Å²) in [6.07, 6.45) is 1.86. The molecule has 1 unspecified atom stereocenters. The Hall–Kier alpha value is -2.47. The predicted octanol–water partition coefficient (Wildman–Crippen LogP) is 2.43. The molecule has 1 aromatic carbocycles. The highest BCUT2D eigenvalue weighted by molar-refractivity contribution is 5.55. The molecule has 0 amide bonds. The van der Waals surface area contributed by atoms with E-state index >= 15 is 0 Å². The average molecular weight is 340 g/mol. The molecule has 0 aliphatic carbocycles. The fraction of sp³-hybridized carbons (Fsp3) is 0.421. The lowest BCUT2D eigenvalue weighted by atomic mass is 10.2. The van der Waals surface area contributed by atoms with E-state index in [4.69, 9.17) is 9.47 Å². The third kappa shape index (κ3) is 3.64. The molecular weight excluding hydrogens is 316 g/mol. The molecule has 2 aliphatic rings. The van der Waals surface area contributed by atoms with Gasteiger partial charge in [-0.2, -0.15) is 0 Å². The van der Waals surface area contributed by atoms with E-state index < -0.39 is 0 Å². The number of benzene rings is 1. The van der Waals surface area contributed by atoms with Crippen molar-refractivity contribution in [2.24, 2.45) is 0 Å². The van der Waals surface area contributed by atoms with Crippen molar-refractivity contribution in [2.75, 3.05) is 49.7 Å². The summed E-state index contributed by atoms with van der Waals surface area (Å²) in [5.41, 5.74) is 1.07. The van der Waals surface area contributed by atoms with Crippen molar-refractivity contribution in [3.8, 4) is 11.5 Å². The molecule has 1 fully saturated rings. The van der Waals surface area contributed by atoms with Crippen LogP contribution in [0, 0.1) is 0 Å². The first-order chi connectivity index (χ1) is 12.3. The van der Waals surface area contributed by atoms with Crippen molar-refractivity contribution in [3.05, 3.63) is 42.6 Å². The van der Waals surface area contributed by atoms with Gasteiger partial charge < -0.3 is 19.7 Å². The smallest absolute Gasteiger partial charge is 0.231 e. The van der Waals surface area contributed by atoms with Gasteiger partial charge in [0.25, 0.3) is 0 Å². The Morgan fingerprint density at radius 3 is 2.72 bits per heavy atom. The second kappa shape index (κ2) is 7.19. The van der Waals surface area contributed by atoms with Crippen molar-refractivity contribution in [1.82, 2.24) is 9.88 Å². The van der Waals surface area contributed by atoms with E-state index in [0.29, 0.717) is 12.8 Å². The van der Waals surface area contributed by atoms with Gasteiger partial charge in [-0.3, -0.25) is 4.90 Å². The Labute approximate surface area is 148 Å². The third-order valence-corrected chi connectivity index (χ3v) is 4.89. The number of nitrogens with zero attached hydrogens (tertiary/aromatic N) is 3. The van der Waals surface area contributed by atoms with Crippen LogP contribution in [0.1, 0.15) is 6.92 Å². The SMILES string of the molecule is CC(CNc1ccc2c(c1)OCO2)N1CCN(c2ccccn2)CC1. The minimum atomic E-state index is 0.315. The zero-order chi connectivity index (χ0) is 17.1. The maximum absolute atomic E-state index is 5.43. The van der Waals surface area contributed by atoms with Crippen LogP contribution in [0.25, 0.3) is 0 Å². The highest BCUT2D eigenvalue weighted by atomic mass is 16.7. The largest absolute Gasteiger partial charge is 0.454 e. The summed E-state index contributed by atoms with van der Waals surface area (Å²) >= 11 is 0. The number of nitrogens with one attached hydrogen (secondary N) is 1. The predicted molar refractivity (Wildman–Crippen MR) is 98.5 cm³/mol. The van der Waals surface area contributed by atoms with Gasteiger partial charge in [-0.1, -0.05) is 6.07 Å². The molecule has 0 bridgehead atoms. The summed E-state index contributed by atoms with van der Waals surface area (Å²) in [5.74, 6) is 2.72. The quantitative estimate of drug-likeness (QED) is 0.902. The van der Waals surface area contributed by atoms with Crippen LogP contribution >= 0.6 is 0 Å². The van der Waals surface area contributed by atoms with Gasteiger partial charge in [0.15, 0.2) is 11.5 Å². The van der Waals surface area contributed by atoms with Crippen LogP contribution in [-0.4, -0.2) is 55.4 Å². The van der Waals surface area contributed by atoms with Gasteiger partial charge in [-0.25, -0.2) is 4.98 Å². The second-order valence-corrected chi connectivity index (χ2v) is 6.51. The van der Waals surface area contributed by atoms with E-state index in [-0.39, 0.29) is 0 Å². The van der Waals surface area contributed by atoms with Gasteiger partial charge in [0.2, 0.25) is 6.79 Å². The first kappa shape index (κ1) is 16.0. The first-order valence-electron chi connectivity index (χ1n) is 8.83. The van der Waals surface area contributed by atoms with Crippen LogP contribution in [0.5, 0.6) is 11.5 Å². The van der Waals surface area contributed by atoms with Gasteiger partial charge >= 0.3 is 0 Å². The Morgan fingerprint density at radius 2 is 1.92 bits per heavy atom. The molecule has 2 aliphatic heterocycles. The van der Waals surface area contributed by atoms with Crippen LogP contribution in [0.15, 0.2) is 42.6 Å². The molecule has 6 nitrogen and oxygen atoms in total. The number of piperazine rings is 1. The van der Waals surface area contributed by atoms with Gasteiger partial charge in [0.1, 0.15) is 5.82 Å². The highest BCUT2D eigenvalue weighted by Gasteiger charge is 2.22. The number of ether oxygens (including phenoxy) is 2. The van der Waals surface area contributed by atoms with Crippen molar-refractivity contribution >= 4 is 11.5 Å². The molecule has 1 saturated heterocycles. The van der Waals surface area contributed by atoms with Crippen LogP contribution < -0.4 is 19.7 Å². The highest BCUT2D eigenvalue weighted by Crippen LogP contribution is 2.34. The lowest BCUT2D eigenvalue weighted by Crippen LogP contribution is -2.51. The molecule has 0 radical (unpaired) electrons. The Kier molecular flexibility index (Phi) is 4.61. The molecule has 1 N–H and O–H groups in total. The van der Waals surface area contributed by atoms with Gasteiger partial charge in [0.05, 0.1) is 0 Å². The molecule has 0 saturated carbocycles. The Balaban J connectivity index is 1.27. The van der Waals surface area contributed by atoms with E-state index in [9.17, 15) is 0 Å². The van der Waals surface area contributed by atoms with E-state index in [1.165, 1.54) is 0 Å². The third-order valence-electron chi connectivity index (χ3n) is 4.89. The molecule has 25 heavy (non-hydrogen) atoms. The first-order valence-corrected chi connectivity index (χ1v) is 8.83. The van der Waals surface area contributed by atoms with E-state index in [1.54, 1.807) is 0 Å². The summed E-state index contributed by atoms with van der Waals surface area (Å²) in [7, 11) is 0. The van der Waals surface area contributed by atoms with Gasteiger partial charge in [-0.15, -0.1) is 0 Å². The number of aromatic nitrogens is 1. The van der Waals surface area contributed by atoms with Gasteiger partial charge in [-0.05, 0) is 31.2 Å². The number of pyridine rings is 1. The molecule has 2 aromatic rings. The molecule has 1 aromatic heterocycles. The monoisotopic (exact) mass is 340 g/mol. The van der Waals surface area contributed by atoms with Crippen molar-refractivity contribution < 1.29 is 9.47 Å². The number of anilines is 2. The van der Waals surface area contributed by atoms with Crippen molar-refractivity contribution in [3.63, 3.8) is 0 Å². The number of rotatable bonds is 5. The summed E-state index contributed by atoms with van der Waals surface area (Å²) in [5, 5.41) is 3.51. The second-order valence-electron chi connectivity index (χ2n) is 6.51. The fourth-order valence-corrected chi connectivity index (χ4v) is 3.33. The van der Waals surface area contributed by atoms with Crippen LogP contribution in [-0.2, 0) is 0 Å². The zero-order valence-corrected chi connectivity index (χ0v) is 14.5. The molecule has 0 spiro atoms. The molecule has 132 valence electrons. The number of fused-ring (bicyclic) bond motifs is 1. The molecule has 4 rings (SSSR count). The summed E-state index contributed by atoms with van der Waals surface area (Å²) in [6, 6.07) is 12.6. The Morgan fingerprint density at radius 1 is 1.08 bits per heavy atom. The summed E-state index contributed by atoms with van der Waals surface area (Å²) in [6.45, 7) is 7.65. The van der Waals surface area contributed by atoms with Crippen molar-refractivity contribution in [1.29, 1.82) is 0 Å². The minimum Gasteiger partial charge on any atom is -0.454 e. The topological polar surface area (TPSA) is 49.9 Å². The van der Waals surface area contributed by atoms with E-state index in [0.717, 1.165) is 55.7 Å². The van der Waals surface area contributed by atoms with E-state index in [1.807, 2.05) is 36.5 Å². The van der Waals surface area contributed by atoms with Crippen molar-refractivity contribution in [2.45, 2.75) is 13.0 Å². The van der Waals surface area contributed by atoms with Crippen LogP contribution in [0.2, 0.25) is 0 Å². The Bertz CT molecular complexity index is 702. The normalized spacial score (nSPS) is 18.2. The lowest BCUT2D eigenvalue weighted by molar-refractivity contribution is 0.174. The van der Waals surface area contributed by atoms with Crippen LogP contribution in [0.3, 0.4) is 0 Å². The average Bonchev–Trinajstić information content (AvgIpc) is 3.15. The minimum absolute atomic E-state index is 0.315. The molecular formula is C19H24N4O2. The van der Waals surface area contributed by atoms with Gasteiger partial charge in [0, 0.05) is 56.7 Å². The molecule has 6 heteroatoms. The maximum atomic E-state index is 5.43. The maximum Gasteiger partial charge on any atom is 0.231 e. The van der Waals surface area contributed by atoms with Crippen LogP contribution in [0.4, 0.5) is 11.5 Å². The lowest BCUT2D eigenvalue weighted by Gasteiger charge is -2.38. The zero-order valence-electron chi connectivity index (χ0n) is 14.5. The fourth-order valence-electron chi connectivity index (χ4n) is 3.33. The summed E-state index contributed by atoms with van der Waals surface area (Å²) in [4.78, 5) is 9.33. The molecule has 3 heterocycles. The molecule has 1 atom stereocenters. The summed E-state index contributed by atoms with van der Waals surface area (Å²) < 4.78 is 10.8.